The number of thiophene rings is 1. The molecule has 0 saturated carbocycles. The zero-order chi connectivity index (χ0) is 11.8. The molecule has 2 aromatic heterocycles. The van der Waals surface area contributed by atoms with Gasteiger partial charge in [-0.05, 0) is 35.0 Å². The molecule has 0 bridgehead atoms. The first-order chi connectivity index (χ1) is 8.24. The summed E-state index contributed by atoms with van der Waals surface area (Å²) in [6.45, 7) is 1.68. The molecule has 0 amide bonds. The smallest absolute Gasteiger partial charge is 0.245 e. The molecule has 0 radical (unpaired) electrons. The maximum atomic E-state index is 6.00. The molecule has 0 saturated heterocycles. The summed E-state index contributed by atoms with van der Waals surface area (Å²) in [5, 5.41) is 9.93. The van der Waals surface area contributed by atoms with Gasteiger partial charge in [-0.25, -0.2) is 0 Å². The molecule has 1 aliphatic rings. The molecular formula is C10H8Cl2N4S. The first-order valence-corrected chi connectivity index (χ1v) is 6.73. The number of nitrogens with zero attached hydrogens (tertiary/aromatic N) is 4. The molecule has 7 heteroatoms. The maximum Gasteiger partial charge on any atom is 0.245 e. The van der Waals surface area contributed by atoms with Crippen molar-refractivity contribution in [1.82, 2.24) is 15.2 Å². The van der Waals surface area contributed by atoms with Gasteiger partial charge >= 0.3 is 0 Å². The zero-order valence-corrected chi connectivity index (χ0v) is 11.1. The fourth-order valence-electron chi connectivity index (χ4n) is 1.92. The summed E-state index contributed by atoms with van der Waals surface area (Å²) in [6, 6.07) is 2.14. The molecule has 2 aromatic rings. The number of rotatable bonds is 1. The Morgan fingerprint density at radius 2 is 2.18 bits per heavy atom. The van der Waals surface area contributed by atoms with Crippen LogP contribution in [0.2, 0.25) is 10.4 Å². The van der Waals surface area contributed by atoms with Crippen LogP contribution in [0.5, 0.6) is 0 Å². The highest BCUT2D eigenvalue weighted by molar-refractivity contribution is 7.10. The lowest BCUT2D eigenvalue weighted by molar-refractivity contribution is 0.724. The van der Waals surface area contributed by atoms with Crippen LogP contribution >= 0.6 is 34.5 Å². The van der Waals surface area contributed by atoms with Gasteiger partial charge in [-0.15, -0.1) is 21.5 Å². The van der Waals surface area contributed by atoms with E-state index in [0.29, 0.717) is 11.0 Å². The van der Waals surface area contributed by atoms with E-state index in [-0.39, 0.29) is 5.28 Å². The Kier molecular flexibility index (Phi) is 2.90. The van der Waals surface area contributed by atoms with E-state index in [9.17, 15) is 0 Å². The summed E-state index contributed by atoms with van der Waals surface area (Å²) in [5.41, 5.74) is 1.33. The second-order valence-electron chi connectivity index (χ2n) is 3.74. The number of anilines is 1. The largest absolute Gasteiger partial charge is 0.349 e. The predicted molar refractivity (Wildman–Crippen MR) is 68.9 cm³/mol. The average molecular weight is 287 g/mol. The normalized spacial score (nSPS) is 14.8. The number of halogens is 2. The van der Waals surface area contributed by atoms with Crippen molar-refractivity contribution >= 4 is 40.4 Å². The van der Waals surface area contributed by atoms with E-state index in [1.807, 2.05) is 0 Å². The predicted octanol–water partition coefficient (Wildman–Crippen LogP) is 2.80. The molecule has 0 spiro atoms. The minimum atomic E-state index is 0.125. The molecule has 88 valence electrons. The van der Waals surface area contributed by atoms with Gasteiger partial charge in [-0.3, -0.25) is 0 Å². The number of hydrogen-bond donors (Lipinski definition) is 0. The summed E-state index contributed by atoms with van der Waals surface area (Å²) < 4.78 is 0. The molecule has 0 atom stereocenters. The molecule has 0 unspecified atom stereocenters. The first kappa shape index (κ1) is 11.2. The summed E-state index contributed by atoms with van der Waals surface area (Å²) in [4.78, 5) is 7.66. The Labute approximate surface area is 112 Å². The second kappa shape index (κ2) is 4.40. The van der Waals surface area contributed by atoms with Gasteiger partial charge in [0.05, 0.1) is 0 Å². The van der Waals surface area contributed by atoms with Crippen LogP contribution in [0.15, 0.2) is 11.4 Å². The van der Waals surface area contributed by atoms with Crippen molar-refractivity contribution in [2.24, 2.45) is 0 Å². The molecule has 4 nitrogen and oxygen atoms in total. The van der Waals surface area contributed by atoms with Crippen molar-refractivity contribution in [3.05, 3.63) is 32.3 Å². The number of hydrogen-bond acceptors (Lipinski definition) is 5. The van der Waals surface area contributed by atoms with E-state index in [1.165, 1.54) is 10.4 Å². The highest BCUT2D eigenvalue weighted by Crippen LogP contribution is 2.29. The summed E-state index contributed by atoms with van der Waals surface area (Å²) in [5.74, 6) is 0.614. The van der Waals surface area contributed by atoms with E-state index in [1.54, 1.807) is 11.3 Å². The van der Waals surface area contributed by atoms with Gasteiger partial charge in [0, 0.05) is 18.0 Å². The molecule has 0 N–H and O–H groups in total. The molecule has 1 aliphatic heterocycles. The summed E-state index contributed by atoms with van der Waals surface area (Å²) in [7, 11) is 0. The lowest BCUT2D eigenvalue weighted by Crippen LogP contribution is -2.30. The Morgan fingerprint density at radius 3 is 3.06 bits per heavy atom. The summed E-state index contributed by atoms with van der Waals surface area (Å²) in [6.07, 6.45) is 1.00. The van der Waals surface area contributed by atoms with Gasteiger partial charge in [0.15, 0.2) is 11.0 Å². The lowest BCUT2D eigenvalue weighted by Gasteiger charge is -2.27. The van der Waals surface area contributed by atoms with Crippen LogP contribution in [-0.2, 0) is 13.0 Å². The third-order valence-corrected chi connectivity index (χ3v) is 4.14. The van der Waals surface area contributed by atoms with Gasteiger partial charge in [-0.1, -0.05) is 11.6 Å². The minimum absolute atomic E-state index is 0.125. The molecule has 0 aromatic carbocycles. The van der Waals surface area contributed by atoms with Crippen LogP contribution in [0.3, 0.4) is 0 Å². The minimum Gasteiger partial charge on any atom is -0.349 e. The van der Waals surface area contributed by atoms with Crippen molar-refractivity contribution in [3.8, 4) is 0 Å². The Hall–Kier alpha value is -0.910. The summed E-state index contributed by atoms with van der Waals surface area (Å²) >= 11 is 13.5. The molecule has 0 fully saturated rings. The van der Waals surface area contributed by atoms with Crippen LogP contribution in [0.4, 0.5) is 5.82 Å². The van der Waals surface area contributed by atoms with Gasteiger partial charge in [0.1, 0.15) is 0 Å². The van der Waals surface area contributed by atoms with Crippen LogP contribution < -0.4 is 4.90 Å². The van der Waals surface area contributed by atoms with E-state index in [4.69, 9.17) is 23.2 Å². The average Bonchev–Trinajstić information content (AvgIpc) is 2.79. The van der Waals surface area contributed by atoms with Crippen LogP contribution in [-0.4, -0.2) is 21.7 Å². The molecule has 3 rings (SSSR count). The SMILES string of the molecule is Clc1nnc(Cl)c(N2CCc3sccc3C2)n1. The highest BCUT2D eigenvalue weighted by Gasteiger charge is 2.21. The van der Waals surface area contributed by atoms with E-state index < -0.39 is 0 Å². The van der Waals surface area contributed by atoms with Crippen molar-refractivity contribution in [3.63, 3.8) is 0 Å². The fraction of sp³-hybridized carbons (Fsp3) is 0.300. The van der Waals surface area contributed by atoms with Crippen molar-refractivity contribution in [2.75, 3.05) is 11.4 Å². The lowest BCUT2D eigenvalue weighted by atomic mass is 10.1. The number of aromatic nitrogens is 3. The molecule has 0 aliphatic carbocycles. The monoisotopic (exact) mass is 286 g/mol. The Balaban J connectivity index is 1.94. The number of fused-ring (bicyclic) bond motifs is 1. The third-order valence-electron chi connectivity index (χ3n) is 2.71. The van der Waals surface area contributed by atoms with E-state index in [2.05, 4.69) is 31.5 Å². The van der Waals surface area contributed by atoms with E-state index >= 15 is 0 Å². The van der Waals surface area contributed by atoms with Gasteiger partial charge < -0.3 is 4.90 Å². The second-order valence-corrected chi connectivity index (χ2v) is 5.43. The van der Waals surface area contributed by atoms with Crippen LogP contribution in [0, 0.1) is 0 Å². The molecule has 3 heterocycles. The van der Waals surface area contributed by atoms with Crippen molar-refractivity contribution < 1.29 is 0 Å². The first-order valence-electron chi connectivity index (χ1n) is 5.10. The highest BCUT2D eigenvalue weighted by atomic mass is 35.5. The van der Waals surface area contributed by atoms with Crippen molar-refractivity contribution in [1.29, 1.82) is 0 Å². The van der Waals surface area contributed by atoms with Crippen LogP contribution in [0.25, 0.3) is 0 Å². The standard InChI is InChI=1S/C10H8Cl2N4S/c11-8-9(13-10(12)15-14-8)16-3-1-7-6(5-16)2-4-17-7/h2,4H,1,3,5H2. The van der Waals surface area contributed by atoms with E-state index in [0.717, 1.165) is 19.5 Å². The topological polar surface area (TPSA) is 41.9 Å². The Bertz CT molecular complexity index is 557. The quantitative estimate of drug-likeness (QED) is 0.808. The van der Waals surface area contributed by atoms with Crippen LogP contribution in [0.1, 0.15) is 10.4 Å². The molecule has 17 heavy (non-hydrogen) atoms. The molecular weight excluding hydrogens is 279 g/mol. The van der Waals surface area contributed by atoms with Gasteiger partial charge in [-0.2, -0.15) is 4.98 Å². The maximum absolute atomic E-state index is 6.00. The van der Waals surface area contributed by atoms with Gasteiger partial charge in [0.25, 0.3) is 0 Å². The Morgan fingerprint density at radius 1 is 1.29 bits per heavy atom. The fourth-order valence-corrected chi connectivity index (χ4v) is 3.12. The van der Waals surface area contributed by atoms with Gasteiger partial charge in [0.2, 0.25) is 5.28 Å². The zero-order valence-electron chi connectivity index (χ0n) is 8.73. The third kappa shape index (κ3) is 2.10. The van der Waals surface area contributed by atoms with Crippen molar-refractivity contribution in [2.45, 2.75) is 13.0 Å².